The second-order valence-electron chi connectivity index (χ2n) is 6.07. The van der Waals surface area contributed by atoms with E-state index in [9.17, 15) is 9.59 Å². The second-order valence-corrected chi connectivity index (χ2v) is 7.24. The van der Waals surface area contributed by atoms with Gasteiger partial charge in [-0.3, -0.25) is 4.79 Å². The summed E-state index contributed by atoms with van der Waals surface area (Å²) < 4.78 is 5.25. The van der Waals surface area contributed by atoms with Gasteiger partial charge in [0.1, 0.15) is 4.88 Å². The average molecular weight is 357 g/mol. The van der Waals surface area contributed by atoms with Crippen molar-refractivity contribution in [3.05, 3.63) is 44.9 Å². The Bertz CT molecular complexity index is 987. The third-order valence-electron chi connectivity index (χ3n) is 4.17. The highest BCUT2D eigenvalue weighted by atomic mass is 32.1. The van der Waals surface area contributed by atoms with Crippen LogP contribution in [0.1, 0.15) is 55.1 Å². The monoisotopic (exact) mass is 357 g/mol. The lowest BCUT2D eigenvalue weighted by atomic mass is 10.1. The van der Waals surface area contributed by atoms with Crippen LogP contribution >= 0.6 is 11.3 Å². The Balaban J connectivity index is 1.60. The Morgan fingerprint density at radius 2 is 2.20 bits per heavy atom. The zero-order valence-corrected chi connectivity index (χ0v) is 14.2. The van der Waals surface area contributed by atoms with Gasteiger partial charge < -0.3 is 14.9 Å². The van der Waals surface area contributed by atoms with Crippen molar-refractivity contribution in [1.82, 2.24) is 15.5 Å². The number of aromatic carboxylic acids is 1. The molecule has 4 rings (SSSR count). The summed E-state index contributed by atoms with van der Waals surface area (Å²) in [6.07, 6.45) is 2.14. The molecule has 0 spiro atoms. The topological polar surface area (TPSA) is 105 Å². The molecule has 3 aromatic heterocycles. The van der Waals surface area contributed by atoms with Gasteiger partial charge in [-0.05, 0) is 38.0 Å². The summed E-state index contributed by atoms with van der Waals surface area (Å²) in [6, 6.07) is 5.06. The predicted molar refractivity (Wildman–Crippen MR) is 91.0 cm³/mol. The molecule has 1 aliphatic carbocycles. The number of carboxylic acids is 1. The molecular formula is C17H15N3O4S. The Kier molecular flexibility index (Phi) is 3.76. The molecule has 25 heavy (non-hydrogen) atoms. The van der Waals surface area contributed by atoms with Gasteiger partial charge in [-0.1, -0.05) is 5.16 Å². The van der Waals surface area contributed by atoms with Gasteiger partial charge in [-0.2, -0.15) is 0 Å². The lowest BCUT2D eigenvalue weighted by Gasteiger charge is -2.07. The molecule has 1 aliphatic rings. The van der Waals surface area contributed by atoms with Crippen LogP contribution in [0.3, 0.4) is 0 Å². The Morgan fingerprint density at radius 3 is 2.88 bits per heavy atom. The smallest absolute Gasteiger partial charge is 0.345 e. The molecule has 1 amide bonds. The SMILES string of the molecule is Cc1noc2nc(C3CC3)cc(C(=O)NCc3ccc(C(=O)O)s3)c12. The summed E-state index contributed by atoms with van der Waals surface area (Å²) in [5, 5.41) is 16.4. The molecule has 0 aliphatic heterocycles. The van der Waals surface area contributed by atoms with E-state index in [0.29, 0.717) is 28.3 Å². The molecule has 0 unspecified atom stereocenters. The minimum Gasteiger partial charge on any atom is -0.477 e. The molecular weight excluding hydrogens is 342 g/mol. The summed E-state index contributed by atoms with van der Waals surface area (Å²) in [7, 11) is 0. The van der Waals surface area contributed by atoms with E-state index in [1.165, 1.54) is 6.07 Å². The zero-order chi connectivity index (χ0) is 17.6. The molecule has 0 saturated heterocycles. The van der Waals surface area contributed by atoms with Gasteiger partial charge in [0, 0.05) is 16.5 Å². The van der Waals surface area contributed by atoms with Crippen molar-refractivity contribution in [2.24, 2.45) is 0 Å². The van der Waals surface area contributed by atoms with E-state index in [4.69, 9.17) is 9.63 Å². The highest BCUT2D eigenvalue weighted by molar-refractivity contribution is 7.13. The van der Waals surface area contributed by atoms with Gasteiger partial charge in [-0.25, -0.2) is 9.78 Å². The third-order valence-corrected chi connectivity index (χ3v) is 5.25. The van der Waals surface area contributed by atoms with Crippen LogP contribution in [0.2, 0.25) is 0 Å². The second kappa shape index (κ2) is 5.96. The highest BCUT2D eigenvalue weighted by Gasteiger charge is 2.28. The van der Waals surface area contributed by atoms with E-state index in [0.717, 1.165) is 34.7 Å². The number of hydrogen-bond donors (Lipinski definition) is 2. The Morgan fingerprint density at radius 1 is 1.40 bits per heavy atom. The van der Waals surface area contributed by atoms with Crippen LogP contribution in [0.25, 0.3) is 11.1 Å². The van der Waals surface area contributed by atoms with Crippen molar-refractivity contribution in [1.29, 1.82) is 0 Å². The van der Waals surface area contributed by atoms with Crippen LogP contribution in [0.4, 0.5) is 0 Å². The summed E-state index contributed by atoms with van der Waals surface area (Å²) in [4.78, 5) is 29.1. The maximum atomic E-state index is 12.7. The van der Waals surface area contributed by atoms with E-state index in [1.807, 2.05) is 6.07 Å². The molecule has 0 bridgehead atoms. The largest absolute Gasteiger partial charge is 0.477 e. The molecule has 0 atom stereocenters. The molecule has 0 radical (unpaired) electrons. The minimum absolute atomic E-state index is 0.245. The summed E-state index contributed by atoms with van der Waals surface area (Å²) >= 11 is 1.15. The highest BCUT2D eigenvalue weighted by Crippen LogP contribution is 2.40. The van der Waals surface area contributed by atoms with Gasteiger partial charge in [0.2, 0.25) is 0 Å². The molecule has 2 N–H and O–H groups in total. The molecule has 0 aromatic carbocycles. The van der Waals surface area contributed by atoms with Crippen molar-refractivity contribution in [3.63, 3.8) is 0 Å². The summed E-state index contributed by atoms with van der Waals surface area (Å²) in [6.45, 7) is 2.04. The molecule has 7 nitrogen and oxygen atoms in total. The molecule has 128 valence electrons. The van der Waals surface area contributed by atoms with Crippen LogP contribution in [0, 0.1) is 6.92 Å². The maximum Gasteiger partial charge on any atom is 0.345 e. The summed E-state index contributed by atoms with van der Waals surface area (Å²) in [5.41, 5.74) is 2.37. The molecule has 1 fully saturated rings. The molecule has 3 aromatic rings. The quantitative estimate of drug-likeness (QED) is 0.727. The predicted octanol–water partition coefficient (Wildman–Crippen LogP) is 3.10. The number of carbonyl (C=O) groups is 2. The van der Waals surface area contributed by atoms with Crippen LogP contribution in [0.15, 0.2) is 22.7 Å². The van der Waals surface area contributed by atoms with Crippen LogP contribution in [-0.4, -0.2) is 27.1 Å². The summed E-state index contributed by atoms with van der Waals surface area (Å²) in [5.74, 6) is -0.824. The fraction of sp³-hybridized carbons (Fsp3) is 0.294. The van der Waals surface area contributed by atoms with Crippen molar-refractivity contribution in [3.8, 4) is 0 Å². The van der Waals surface area contributed by atoms with Crippen LogP contribution in [-0.2, 0) is 6.54 Å². The van der Waals surface area contributed by atoms with Crippen molar-refractivity contribution < 1.29 is 19.2 Å². The number of pyridine rings is 1. The number of thiophene rings is 1. The number of nitrogens with one attached hydrogen (secondary N) is 1. The maximum absolute atomic E-state index is 12.7. The fourth-order valence-corrected chi connectivity index (χ4v) is 3.52. The Hall–Kier alpha value is -2.74. The lowest BCUT2D eigenvalue weighted by molar-refractivity contribution is 0.0702. The van der Waals surface area contributed by atoms with E-state index < -0.39 is 5.97 Å². The molecule has 3 heterocycles. The first-order chi connectivity index (χ1) is 12.0. The van der Waals surface area contributed by atoms with Crippen molar-refractivity contribution >= 4 is 34.3 Å². The van der Waals surface area contributed by atoms with E-state index in [1.54, 1.807) is 13.0 Å². The zero-order valence-electron chi connectivity index (χ0n) is 13.4. The van der Waals surface area contributed by atoms with E-state index in [-0.39, 0.29) is 17.3 Å². The number of aromatic nitrogens is 2. The Labute approximate surface area is 146 Å². The number of carboxylic acid groups (broad SMARTS) is 1. The van der Waals surface area contributed by atoms with Gasteiger partial charge in [-0.15, -0.1) is 11.3 Å². The number of rotatable bonds is 5. The minimum atomic E-state index is -0.965. The van der Waals surface area contributed by atoms with E-state index in [2.05, 4.69) is 15.5 Å². The number of carbonyl (C=O) groups excluding carboxylic acids is 1. The number of nitrogens with zero attached hydrogens (tertiary/aromatic N) is 2. The number of hydrogen-bond acceptors (Lipinski definition) is 6. The van der Waals surface area contributed by atoms with Crippen molar-refractivity contribution in [2.45, 2.75) is 32.2 Å². The van der Waals surface area contributed by atoms with Crippen LogP contribution in [0.5, 0.6) is 0 Å². The molecule has 1 saturated carbocycles. The number of fused-ring (bicyclic) bond motifs is 1. The van der Waals surface area contributed by atoms with Gasteiger partial charge >= 0.3 is 5.97 Å². The first kappa shape index (κ1) is 15.8. The number of aryl methyl sites for hydroxylation is 1. The first-order valence-corrected chi connectivity index (χ1v) is 8.71. The third kappa shape index (κ3) is 3.00. The van der Waals surface area contributed by atoms with Gasteiger partial charge in [0.15, 0.2) is 0 Å². The molecule has 8 heteroatoms. The van der Waals surface area contributed by atoms with Crippen molar-refractivity contribution in [2.75, 3.05) is 0 Å². The van der Waals surface area contributed by atoms with Gasteiger partial charge in [0.25, 0.3) is 11.6 Å². The van der Waals surface area contributed by atoms with Crippen LogP contribution < -0.4 is 5.32 Å². The number of amides is 1. The fourth-order valence-electron chi connectivity index (χ4n) is 2.73. The van der Waals surface area contributed by atoms with E-state index >= 15 is 0 Å². The normalized spacial score (nSPS) is 14.0. The standard InChI is InChI=1S/C17H15N3O4S/c1-8-14-11(6-12(9-2-3-9)19-16(14)24-20-8)15(21)18-7-10-4-5-13(25-10)17(22)23/h4-6,9H,2-3,7H2,1H3,(H,18,21)(H,22,23). The average Bonchev–Trinajstić information content (AvgIpc) is 3.22. The lowest BCUT2D eigenvalue weighted by Crippen LogP contribution is -2.23. The van der Waals surface area contributed by atoms with Gasteiger partial charge in [0.05, 0.1) is 23.2 Å². The first-order valence-electron chi connectivity index (χ1n) is 7.90.